The Morgan fingerprint density at radius 1 is 1.37 bits per heavy atom. The van der Waals surface area contributed by atoms with Gasteiger partial charge in [-0.3, -0.25) is 18.9 Å². The number of anilines is 1. The molecule has 2 aromatic heterocycles. The van der Waals surface area contributed by atoms with Crippen molar-refractivity contribution in [1.82, 2.24) is 20.1 Å². The number of aromatic hydroxyl groups is 1. The second kappa shape index (κ2) is 10.4. The van der Waals surface area contributed by atoms with E-state index < -0.39 is 62.7 Å². The highest BCUT2D eigenvalue weighted by molar-refractivity contribution is 7.80. The number of carbonyl (C=O) groups is 2. The number of nitrogens with two attached hydrogens (primary N) is 1. The summed E-state index contributed by atoms with van der Waals surface area (Å²) in [5, 5.41) is 26.3. The van der Waals surface area contributed by atoms with Crippen molar-refractivity contribution in [2.24, 2.45) is 11.1 Å². The van der Waals surface area contributed by atoms with Crippen molar-refractivity contribution in [3.8, 4) is 5.75 Å². The van der Waals surface area contributed by atoms with Crippen LogP contribution in [0.4, 0.5) is 5.13 Å². The van der Waals surface area contributed by atoms with E-state index in [4.69, 9.17) is 26.7 Å². The van der Waals surface area contributed by atoms with Crippen molar-refractivity contribution in [3.05, 3.63) is 38.2 Å². The second-order valence-corrected chi connectivity index (χ2v) is 11.5. The number of aromatic nitrogens is 2. The molecule has 2 unspecified atom stereocenters. The molecular formula is C19H23ClN6O10S2. The van der Waals surface area contributed by atoms with Gasteiger partial charge in [0.2, 0.25) is 5.43 Å². The topological polar surface area (TPSA) is 236 Å². The Balaban J connectivity index is 1.96. The van der Waals surface area contributed by atoms with Crippen LogP contribution < -0.4 is 16.5 Å². The smallest absolute Gasteiger partial charge is 0.418 e. The van der Waals surface area contributed by atoms with Crippen molar-refractivity contribution in [2.75, 3.05) is 5.73 Å². The maximum atomic E-state index is 13.2. The highest BCUT2D eigenvalue weighted by Gasteiger charge is 2.58. The van der Waals surface area contributed by atoms with E-state index in [2.05, 4.69) is 19.7 Å². The quantitative estimate of drug-likeness (QED) is 0.0874. The van der Waals surface area contributed by atoms with Crippen LogP contribution in [0.5, 0.6) is 5.75 Å². The van der Waals surface area contributed by atoms with Crippen LogP contribution in [0, 0.1) is 5.92 Å². The zero-order chi connectivity index (χ0) is 28.7. The zero-order valence-electron chi connectivity index (χ0n) is 20.1. The monoisotopic (exact) mass is 594 g/mol. The molecular weight excluding hydrogens is 572 g/mol. The van der Waals surface area contributed by atoms with Gasteiger partial charge in [-0.2, -0.15) is 18.2 Å². The first-order valence-electron chi connectivity index (χ1n) is 10.6. The lowest BCUT2D eigenvalue weighted by Crippen LogP contribution is -2.76. The molecule has 2 aromatic rings. The van der Waals surface area contributed by atoms with Gasteiger partial charge < -0.3 is 26.2 Å². The lowest BCUT2D eigenvalue weighted by atomic mass is 9.84. The molecule has 19 heteroatoms. The largest absolute Gasteiger partial charge is 0.503 e. The molecule has 0 spiro atoms. The summed E-state index contributed by atoms with van der Waals surface area (Å²) in [6, 6.07) is -0.417. The number of nitrogens with one attached hydrogen (secondary N) is 1. The predicted octanol–water partition coefficient (Wildman–Crippen LogP) is 0.441. The number of pyridine rings is 1. The third-order valence-corrected chi connectivity index (χ3v) is 6.78. The van der Waals surface area contributed by atoms with E-state index >= 15 is 0 Å². The summed E-state index contributed by atoms with van der Waals surface area (Å²) in [5.41, 5.74) is 2.59. The SMILES string of the molecule is CC(C)C(O/N=C(\C(=O)NC1C(=O)N(OS(=O)(=O)O)C1(C)C)c1nc(N)sc1Cl)c1cc(=O)c(O)cn1O. The lowest BCUT2D eigenvalue weighted by Gasteiger charge is -2.50. The van der Waals surface area contributed by atoms with E-state index in [1.165, 1.54) is 13.8 Å². The van der Waals surface area contributed by atoms with Crippen LogP contribution in [0.2, 0.25) is 4.34 Å². The van der Waals surface area contributed by atoms with Gasteiger partial charge in [-0.1, -0.05) is 41.9 Å². The van der Waals surface area contributed by atoms with Gasteiger partial charge in [-0.05, 0) is 19.8 Å². The molecule has 6 N–H and O–H groups in total. The summed E-state index contributed by atoms with van der Waals surface area (Å²) in [5.74, 6) is -3.20. The summed E-state index contributed by atoms with van der Waals surface area (Å²) < 4.78 is 35.6. The second-order valence-electron chi connectivity index (χ2n) is 8.87. The minimum absolute atomic E-state index is 0.0265. The Kier molecular flexibility index (Phi) is 7.94. The number of halogens is 1. The van der Waals surface area contributed by atoms with Crippen LogP contribution in [-0.4, -0.2) is 67.2 Å². The van der Waals surface area contributed by atoms with E-state index in [1.54, 1.807) is 13.8 Å². The molecule has 1 saturated heterocycles. The molecule has 208 valence electrons. The first kappa shape index (κ1) is 29.1. The van der Waals surface area contributed by atoms with Crippen molar-refractivity contribution >= 4 is 56.0 Å². The van der Waals surface area contributed by atoms with Crippen molar-refractivity contribution in [1.29, 1.82) is 0 Å². The van der Waals surface area contributed by atoms with Gasteiger partial charge in [0.05, 0.1) is 11.7 Å². The number of thiazole rings is 1. The number of hydrogen-bond donors (Lipinski definition) is 5. The molecule has 16 nitrogen and oxygen atoms in total. The normalized spacial score (nSPS) is 18.3. The van der Waals surface area contributed by atoms with Gasteiger partial charge in [0.1, 0.15) is 21.8 Å². The molecule has 2 amide bonds. The Morgan fingerprint density at radius 3 is 2.50 bits per heavy atom. The minimum Gasteiger partial charge on any atom is -0.503 e. The van der Waals surface area contributed by atoms with Gasteiger partial charge in [0.25, 0.3) is 11.8 Å². The van der Waals surface area contributed by atoms with Crippen molar-refractivity contribution < 1.29 is 42.0 Å². The van der Waals surface area contributed by atoms with Gasteiger partial charge >= 0.3 is 10.4 Å². The van der Waals surface area contributed by atoms with E-state index in [0.29, 0.717) is 9.79 Å². The van der Waals surface area contributed by atoms with Gasteiger partial charge in [0, 0.05) is 6.07 Å². The Bertz CT molecular complexity index is 1470. The summed E-state index contributed by atoms with van der Waals surface area (Å²) in [6.45, 7) is 6.02. The number of oxime groups is 1. The number of rotatable bonds is 9. The fourth-order valence-electron chi connectivity index (χ4n) is 3.44. The van der Waals surface area contributed by atoms with E-state index in [9.17, 15) is 33.1 Å². The summed E-state index contributed by atoms with van der Waals surface area (Å²) in [4.78, 5) is 47.1. The van der Waals surface area contributed by atoms with Gasteiger partial charge in [0.15, 0.2) is 22.7 Å². The molecule has 0 radical (unpaired) electrons. The average molecular weight is 595 g/mol. The Morgan fingerprint density at radius 2 is 2.00 bits per heavy atom. The molecule has 38 heavy (non-hydrogen) atoms. The molecule has 2 atom stereocenters. The van der Waals surface area contributed by atoms with Crippen LogP contribution in [0.1, 0.15) is 45.2 Å². The standard InChI is InChI=1S/C19H23ClN6O10S2/c1-7(2)13(8-5-9(27)10(28)6-25(8)31)35-24-12(11-15(20)37-18(21)22-11)16(29)23-14-17(30)26(19(14,3)4)36-38(32,33)34/h5-7,13-14,28,31H,1-4H3,(H2,21,22)(H,23,29)(H,32,33,34)/b24-12-. The molecule has 0 aromatic carbocycles. The fourth-order valence-corrected chi connectivity index (χ4v) is 4.82. The molecule has 1 aliphatic rings. The number of nitrogen functional groups attached to an aromatic ring is 1. The molecule has 1 aliphatic heterocycles. The third kappa shape index (κ3) is 5.83. The van der Waals surface area contributed by atoms with Crippen LogP contribution in [0.25, 0.3) is 0 Å². The predicted molar refractivity (Wildman–Crippen MR) is 132 cm³/mol. The highest BCUT2D eigenvalue weighted by Crippen LogP contribution is 2.34. The highest BCUT2D eigenvalue weighted by atomic mass is 35.5. The third-order valence-electron chi connectivity index (χ3n) is 5.36. The van der Waals surface area contributed by atoms with E-state index in [-0.39, 0.29) is 20.9 Å². The molecule has 0 aliphatic carbocycles. The first-order chi connectivity index (χ1) is 17.4. The van der Waals surface area contributed by atoms with Gasteiger partial charge in [-0.25, -0.2) is 4.98 Å². The van der Waals surface area contributed by atoms with Crippen LogP contribution >= 0.6 is 22.9 Å². The average Bonchev–Trinajstić information content (AvgIpc) is 3.12. The van der Waals surface area contributed by atoms with Crippen LogP contribution in [0.3, 0.4) is 0 Å². The van der Waals surface area contributed by atoms with Crippen molar-refractivity contribution in [2.45, 2.75) is 45.4 Å². The van der Waals surface area contributed by atoms with Crippen LogP contribution in [-0.2, 0) is 29.1 Å². The molecule has 1 fully saturated rings. The van der Waals surface area contributed by atoms with E-state index in [1.807, 2.05) is 0 Å². The summed E-state index contributed by atoms with van der Waals surface area (Å²) in [7, 11) is -5.02. The number of hydrogen-bond acceptors (Lipinski definition) is 13. The van der Waals surface area contributed by atoms with Crippen LogP contribution in [0.15, 0.2) is 22.2 Å². The number of carbonyl (C=O) groups excluding carboxylic acids is 2. The summed E-state index contributed by atoms with van der Waals surface area (Å²) in [6.07, 6.45) is -0.373. The minimum atomic E-state index is -5.02. The summed E-state index contributed by atoms with van der Waals surface area (Å²) >= 11 is 6.98. The molecule has 0 bridgehead atoms. The van der Waals surface area contributed by atoms with E-state index in [0.717, 1.165) is 23.6 Å². The Hall–Kier alpha value is -3.45. The van der Waals surface area contributed by atoms with Crippen molar-refractivity contribution in [3.63, 3.8) is 0 Å². The lowest BCUT2D eigenvalue weighted by molar-refractivity contribution is -0.218. The zero-order valence-corrected chi connectivity index (χ0v) is 22.5. The fraction of sp³-hybridized carbons (Fsp3) is 0.421. The first-order valence-corrected chi connectivity index (χ1v) is 13.1. The Labute approximate surface area is 224 Å². The molecule has 3 rings (SSSR count). The number of hydroxylamine groups is 2. The van der Waals surface area contributed by atoms with Gasteiger partial charge in [-0.15, -0.1) is 4.28 Å². The molecule has 3 heterocycles. The number of β-lactam (4-membered cyclic amide) rings is 1. The molecule has 0 saturated carbocycles. The maximum absolute atomic E-state index is 13.2. The number of amides is 2. The number of nitrogens with zero attached hydrogens (tertiary/aromatic N) is 4. The maximum Gasteiger partial charge on any atom is 0.418 e.